The third kappa shape index (κ3) is 1.90. The third-order valence-corrected chi connectivity index (χ3v) is 2.27. The molecule has 2 aromatic rings. The summed E-state index contributed by atoms with van der Waals surface area (Å²) >= 11 is 3.26. The van der Waals surface area contributed by atoms with Gasteiger partial charge in [-0.25, -0.2) is 4.68 Å². The van der Waals surface area contributed by atoms with Crippen molar-refractivity contribution in [2.24, 2.45) is 0 Å². The van der Waals surface area contributed by atoms with E-state index in [1.54, 1.807) is 10.9 Å². The van der Waals surface area contributed by atoms with Crippen molar-refractivity contribution < 1.29 is 0 Å². The maximum Gasteiger partial charge on any atom is 0.240 e. The largest absolute Gasteiger partial charge is 0.366 e. The van der Waals surface area contributed by atoms with Gasteiger partial charge in [-0.2, -0.15) is 4.98 Å². The van der Waals surface area contributed by atoms with Crippen LogP contribution in [0.4, 0.5) is 5.95 Å². The quantitative estimate of drug-likeness (QED) is 0.870. The molecule has 5 nitrogen and oxygen atoms in total. The van der Waals surface area contributed by atoms with Gasteiger partial charge in [0.15, 0.2) is 4.73 Å². The van der Waals surface area contributed by atoms with Crippen LogP contribution in [0.1, 0.15) is 5.69 Å². The molecule has 0 aliphatic carbocycles. The van der Waals surface area contributed by atoms with Crippen LogP contribution in [0.3, 0.4) is 0 Å². The van der Waals surface area contributed by atoms with Crippen LogP contribution < -0.4 is 5.73 Å². The van der Waals surface area contributed by atoms with E-state index in [1.165, 1.54) is 0 Å². The van der Waals surface area contributed by atoms with Gasteiger partial charge in [0.05, 0.1) is 12.2 Å². The Bertz CT molecular complexity index is 425. The maximum absolute atomic E-state index is 5.44. The molecule has 2 rings (SSSR count). The monoisotopic (exact) mass is 253 g/mol. The Balaban J connectivity index is 2.23. The van der Waals surface area contributed by atoms with Gasteiger partial charge in [-0.1, -0.05) is 6.07 Å². The van der Waals surface area contributed by atoms with Gasteiger partial charge in [-0.15, -0.1) is 5.10 Å². The van der Waals surface area contributed by atoms with Crippen molar-refractivity contribution in [1.82, 2.24) is 19.7 Å². The fraction of sp³-hybridized carbons (Fsp3) is 0.125. The second-order valence-corrected chi connectivity index (χ2v) is 3.43. The minimum atomic E-state index is 0.257. The summed E-state index contributed by atoms with van der Waals surface area (Å²) in [5.74, 6) is 0.257. The normalized spacial score (nSPS) is 10.4. The number of rotatable bonds is 2. The number of nitrogens with two attached hydrogens (primary N) is 1. The number of halogens is 1. The molecular weight excluding hydrogens is 246 g/mol. The van der Waals surface area contributed by atoms with E-state index in [4.69, 9.17) is 5.73 Å². The first-order valence-electron chi connectivity index (χ1n) is 4.01. The van der Waals surface area contributed by atoms with Gasteiger partial charge in [0.25, 0.3) is 0 Å². The Hall–Kier alpha value is -1.43. The van der Waals surface area contributed by atoms with Crippen molar-refractivity contribution in [3.63, 3.8) is 0 Å². The number of hydrogen-bond donors (Lipinski definition) is 1. The molecule has 0 unspecified atom stereocenters. The van der Waals surface area contributed by atoms with Crippen molar-refractivity contribution in [3.05, 3.63) is 34.8 Å². The van der Waals surface area contributed by atoms with Crippen LogP contribution >= 0.6 is 15.9 Å². The molecule has 6 heteroatoms. The molecule has 0 amide bonds. The van der Waals surface area contributed by atoms with Gasteiger partial charge in [0.2, 0.25) is 5.95 Å². The molecule has 72 valence electrons. The van der Waals surface area contributed by atoms with Gasteiger partial charge in [0.1, 0.15) is 0 Å². The zero-order chi connectivity index (χ0) is 9.97. The maximum atomic E-state index is 5.44. The highest BCUT2D eigenvalue weighted by molar-refractivity contribution is 9.10. The minimum absolute atomic E-state index is 0.257. The first kappa shape index (κ1) is 9.14. The fourth-order valence-electron chi connectivity index (χ4n) is 1.09. The van der Waals surface area contributed by atoms with Crippen LogP contribution in [0.2, 0.25) is 0 Å². The van der Waals surface area contributed by atoms with E-state index in [2.05, 4.69) is 31.0 Å². The summed E-state index contributed by atoms with van der Waals surface area (Å²) in [4.78, 5) is 8.10. The molecule has 0 fully saturated rings. The molecule has 2 aromatic heterocycles. The minimum Gasteiger partial charge on any atom is -0.366 e. The molecular formula is C8H8BrN5. The fourth-order valence-corrected chi connectivity index (χ4v) is 1.47. The Morgan fingerprint density at radius 2 is 2.29 bits per heavy atom. The number of pyridine rings is 1. The Morgan fingerprint density at radius 3 is 2.86 bits per heavy atom. The van der Waals surface area contributed by atoms with Crippen LogP contribution in [0, 0.1) is 0 Å². The number of anilines is 1. The van der Waals surface area contributed by atoms with Crippen LogP contribution in [0.5, 0.6) is 0 Å². The highest BCUT2D eigenvalue weighted by atomic mass is 79.9. The third-order valence-electron chi connectivity index (χ3n) is 1.68. The van der Waals surface area contributed by atoms with E-state index in [0.717, 1.165) is 5.69 Å². The molecule has 0 saturated heterocycles. The molecule has 0 bridgehead atoms. The average molecular weight is 254 g/mol. The number of nitrogen functional groups attached to an aromatic ring is 1. The van der Waals surface area contributed by atoms with Crippen LogP contribution in [-0.4, -0.2) is 19.7 Å². The van der Waals surface area contributed by atoms with Gasteiger partial charge in [-0.05, 0) is 28.1 Å². The number of aromatic nitrogens is 4. The molecule has 0 aromatic carbocycles. The van der Waals surface area contributed by atoms with E-state index in [1.807, 2.05) is 18.2 Å². The number of hydrogen-bond acceptors (Lipinski definition) is 4. The molecule has 0 spiro atoms. The molecule has 14 heavy (non-hydrogen) atoms. The van der Waals surface area contributed by atoms with E-state index in [-0.39, 0.29) is 5.95 Å². The Kier molecular flexibility index (Phi) is 2.45. The highest BCUT2D eigenvalue weighted by Gasteiger charge is 2.04. The summed E-state index contributed by atoms with van der Waals surface area (Å²) < 4.78 is 2.26. The predicted octanol–water partition coefficient (Wildman–Crippen LogP) is 1.07. The van der Waals surface area contributed by atoms with Crippen LogP contribution in [0.15, 0.2) is 29.1 Å². The second kappa shape index (κ2) is 3.75. The summed E-state index contributed by atoms with van der Waals surface area (Å²) in [6.45, 7) is 0.561. The van der Waals surface area contributed by atoms with Crippen LogP contribution in [-0.2, 0) is 6.54 Å². The standard InChI is InChI=1S/C8H8BrN5/c9-7-12-8(10)13-14(7)5-6-3-1-2-4-11-6/h1-4H,5H2,(H2,10,13). The van der Waals surface area contributed by atoms with E-state index in [0.29, 0.717) is 11.3 Å². The molecule has 0 radical (unpaired) electrons. The van der Waals surface area contributed by atoms with Crippen LogP contribution in [0.25, 0.3) is 0 Å². The Morgan fingerprint density at radius 1 is 1.43 bits per heavy atom. The molecule has 2 N–H and O–H groups in total. The predicted molar refractivity (Wildman–Crippen MR) is 55.5 cm³/mol. The summed E-state index contributed by atoms with van der Waals surface area (Å²) in [6, 6.07) is 5.72. The average Bonchev–Trinajstić information content (AvgIpc) is 2.47. The zero-order valence-electron chi connectivity index (χ0n) is 7.26. The lowest BCUT2D eigenvalue weighted by atomic mass is 10.3. The molecule has 0 aliphatic rings. The SMILES string of the molecule is Nc1nc(Br)n(Cc2ccccn2)n1. The molecule has 2 heterocycles. The summed E-state index contributed by atoms with van der Waals surface area (Å²) in [6.07, 6.45) is 1.74. The lowest BCUT2D eigenvalue weighted by Gasteiger charge is -2.00. The zero-order valence-corrected chi connectivity index (χ0v) is 8.85. The van der Waals surface area contributed by atoms with Crippen molar-refractivity contribution in [2.45, 2.75) is 6.54 Å². The first-order valence-corrected chi connectivity index (χ1v) is 4.81. The van der Waals surface area contributed by atoms with Gasteiger partial charge in [0, 0.05) is 6.20 Å². The first-order chi connectivity index (χ1) is 6.75. The molecule has 0 atom stereocenters. The molecule has 0 saturated carbocycles. The lowest BCUT2D eigenvalue weighted by Crippen LogP contribution is -2.04. The summed E-state index contributed by atoms with van der Waals surface area (Å²) in [7, 11) is 0. The smallest absolute Gasteiger partial charge is 0.240 e. The Labute approximate surface area is 89.1 Å². The van der Waals surface area contributed by atoms with Crippen molar-refractivity contribution >= 4 is 21.9 Å². The molecule has 0 aliphatic heterocycles. The lowest BCUT2D eigenvalue weighted by molar-refractivity contribution is 0.657. The van der Waals surface area contributed by atoms with E-state index < -0.39 is 0 Å². The summed E-state index contributed by atoms with van der Waals surface area (Å²) in [5.41, 5.74) is 6.35. The van der Waals surface area contributed by atoms with Crippen molar-refractivity contribution in [1.29, 1.82) is 0 Å². The van der Waals surface area contributed by atoms with Gasteiger partial charge < -0.3 is 5.73 Å². The summed E-state index contributed by atoms with van der Waals surface area (Å²) in [5, 5.41) is 4.00. The van der Waals surface area contributed by atoms with E-state index in [9.17, 15) is 0 Å². The van der Waals surface area contributed by atoms with Gasteiger partial charge in [-0.3, -0.25) is 4.98 Å². The van der Waals surface area contributed by atoms with Gasteiger partial charge >= 0.3 is 0 Å². The highest BCUT2D eigenvalue weighted by Crippen LogP contribution is 2.09. The van der Waals surface area contributed by atoms with Crippen molar-refractivity contribution in [3.8, 4) is 0 Å². The number of nitrogens with zero attached hydrogens (tertiary/aromatic N) is 4. The second-order valence-electron chi connectivity index (χ2n) is 2.72. The van der Waals surface area contributed by atoms with E-state index >= 15 is 0 Å². The topological polar surface area (TPSA) is 69.6 Å². The van der Waals surface area contributed by atoms with Crippen molar-refractivity contribution in [2.75, 3.05) is 5.73 Å².